The molecule has 0 unspecified atom stereocenters. The van der Waals surface area contributed by atoms with Crippen LogP contribution >= 0.6 is 0 Å². The van der Waals surface area contributed by atoms with Crippen LogP contribution in [0.2, 0.25) is 0 Å². The van der Waals surface area contributed by atoms with Gasteiger partial charge in [0.05, 0.1) is 36.9 Å². The molecule has 2 heterocycles. The Labute approximate surface area is 201 Å². The van der Waals surface area contributed by atoms with Gasteiger partial charge in [0, 0.05) is 38.4 Å². The Morgan fingerprint density at radius 3 is 2.26 bits per heavy atom. The fourth-order valence-electron chi connectivity index (χ4n) is 4.27. The molecule has 2 aliphatic rings. The number of carbonyl (C=O) groups is 1. The second-order valence-corrected chi connectivity index (χ2v) is 10.4. The minimum absolute atomic E-state index is 0.139. The number of amides is 1. The molecule has 8 nitrogen and oxygen atoms in total. The number of nitrogens with zero attached hydrogens (tertiary/aromatic N) is 2. The minimum Gasteiger partial charge on any atom is -0.379 e. The van der Waals surface area contributed by atoms with E-state index in [1.165, 1.54) is 15.9 Å². The fraction of sp³-hybridized carbons (Fsp3) is 0.480. The van der Waals surface area contributed by atoms with Gasteiger partial charge in [-0.3, -0.25) is 4.79 Å². The fourth-order valence-corrected chi connectivity index (χ4v) is 5.70. The molecule has 0 aliphatic carbocycles. The van der Waals surface area contributed by atoms with Crippen LogP contribution in [0.15, 0.2) is 53.4 Å². The van der Waals surface area contributed by atoms with Crippen molar-refractivity contribution in [2.24, 2.45) is 0 Å². The Morgan fingerprint density at radius 2 is 1.56 bits per heavy atom. The van der Waals surface area contributed by atoms with Crippen molar-refractivity contribution >= 4 is 21.6 Å². The quantitative estimate of drug-likeness (QED) is 0.546. The third kappa shape index (κ3) is 6.15. The van der Waals surface area contributed by atoms with Crippen molar-refractivity contribution in [1.29, 1.82) is 0 Å². The molecule has 1 N–H and O–H groups in total. The first kappa shape index (κ1) is 24.7. The average Bonchev–Trinajstić information content (AvgIpc) is 2.89. The van der Waals surface area contributed by atoms with Gasteiger partial charge in [0.1, 0.15) is 0 Å². The van der Waals surface area contributed by atoms with E-state index in [0.717, 1.165) is 24.9 Å². The van der Waals surface area contributed by atoms with Crippen molar-refractivity contribution < 1.29 is 22.7 Å². The van der Waals surface area contributed by atoms with Gasteiger partial charge in [-0.05, 0) is 43.0 Å². The van der Waals surface area contributed by atoms with Crippen molar-refractivity contribution in [3.63, 3.8) is 0 Å². The molecule has 2 fully saturated rings. The molecular weight excluding hydrogens is 454 g/mol. The van der Waals surface area contributed by atoms with Crippen LogP contribution < -0.4 is 10.2 Å². The minimum atomic E-state index is -3.70. The van der Waals surface area contributed by atoms with Gasteiger partial charge in [-0.25, -0.2) is 8.42 Å². The SMILES string of the molecule is O=C(NCCCCc1ccccc1)c1cc(S(=O)(=O)N2CCOCC2)ccc1N1CCOCC1. The van der Waals surface area contributed by atoms with Crippen LogP contribution in [0, 0.1) is 0 Å². The van der Waals surface area contributed by atoms with Gasteiger partial charge in [-0.2, -0.15) is 4.31 Å². The summed E-state index contributed by atoms with van der Waals surface area (Å²) in [5.41, 5.74) is 2.41. The molecule has 2 saturated heterocycles. The number of aryl methyl sites for hydroxylation is 1. The molecule has 1 amide bonds. The number of nitrogens with one attached hydrogen (secondary N) is 1. The monoisotopic (exact) mass is 487 g/mol. The topological polar surface area (TPSA) is 88.2 Å². The lowest BCUT2D eigenvalue weighted by Gasteiger charge is -2.31. The lowest BCUT2D eigenvalue weighted by molar-refractivity contribution is 0.0730. The van der Waals surface area contributed by atoms with Crippen LogP contribution in [0.25, 0.3) is 0 Å². The second kappa shape index (κ2) is 11.8. The van der Waals surface area contributed by atoms with Crippen molar-refractivity contribution in [2.45, 2.75) is 24.2 Å². The molecule has 184 valence electrons. The summed E-state index contributed by atoms with van der Waals surface area (Å²) in [7, 11) is -3.70. The highest BCUT2D eigenvalue weighted by Crippen LogP contribution is 2.27. The van der Waals surface area contributed by atoms with E-state index >= 15 is 0 Å². The van der Waals surface area contributed by atoms with Crippen LogP contribution in [0.1, 0.15) is 28.8 Å². The van der Waals surface area contributed by atoms with E-state index in [0.29, 0.717) is 64.7 Å². The van der Waals surface area contributed by atoms with Crippen molar-refractivity contribution in [1.82, 2.24) is 9.62 Å². The Bertz CT molecular complexity index is 1050. The number of rotatable bonds is 9. The predicted octanol–water partition coefficient (Wildman–Crippen LogP) is 2.30. The molecule has 0 aromatic heterocycles. The summed E-state index contributed by atoms with van der Waals surface area (Å²) in [6, 6.07) is 15.2. The number of hydrogen-bond donors (Lipinski definition) is 1. The Hall–Kier alpha value is -2.46. The highest BCUT2D eigenvalue weighted by molar-refractivity contribution is 7.89. The normalized spacial score (nSPS) is 17.5. The molecule has 0 bridgehead atoms. The summed E-state index contributed by atoms with van der Waals surface area (Å²) >= 11 is 0. The first-order valence-electron chi connectivity index (χ1n) is 11.9. The van der Waals surface area contributed by atoms with Crippen LogP contribution in [0.4, 0.5) is 5.69 Å². The predicted molar refractivity (Wildman–Crippen MR) is 131 cm³/mol. The summed E-state index contributed by atoms with van der Waals surface area (Å²) in [5, 5.41) is 3.00. The Balaban J connectivity index is 1.47. The van der Waals surface area contributed by atoms with E-state index in [1.807, 2.05) is 18.2 Å². The highest BCUT2D eigenvalue weighted by atomic mass is 32.2. The van der Waals surface area contributed by atoms with Crippen LogP contribution in [0.3, 0.4) is 0 Å². The van der Waals surface area contributed by atoms with E-state index < -0.39 is 10.0 Å². The molecular formula is C25H33N3O5S. The molecule has 0 spiro atoms. The molecule has 0 atom stereocenters. The molecule has 34 heavy (non-hydrogen) atoms. The van der Waals surface area contributed by atoms with Crippen molar-refractivity contribution in [3.8, 4) is 0 Å². The smallest absolute Gasteiger partial charge is 0.253 e. The molecule has 0 saturated carbocycles. The number of benzene rings is 2. The number of sulfonamides is 1. The highest BCUT2D eigenvalue weighted by Gasteiger charge is 2.28. The third-order valence-electron chi connectivity index (χ3n) is 6.19. The summed E-state index contributed by atoms with van der Waals surface area (Å²) in [6.07, 6.45) is 2.77. The van der Waals surface area contributed by atoms with Crippen molar-refractivity contribution in [2.75, 3.05) is 64.1 Å². The molecule has 2 aromatic rings. The first-order valence-corrected chi connectivity index (χ1v) is 13.4. The van der Waals surface area contributed by atoms with E-state index in [2.05, 4.69) is 22.3 Å². The van der Waals surface area contributed by atoms with Crippen molar-refractivity contribution in [3.05, 3.63) is 59.7 Å². The van der Waals surface area contributed by atoms with Crippen LogP contribution in [-0.2, 0) is 25.9 Å². The number of ether oxygens (including phenoxy) is 2. The molecule has 4 rings (SSSR count). The lowest BCUT2D eigenvalue weighted by Crippen LogP contribution is -2.41. The maximum atomic E-state index is 13.2. The van der Waals surface area contributed by atoms with Gasteiger partial charge in [0.2, 0.25) is 10.0 Å². The zero-order chi connectivity index (χ0) is 23.8. The standard InChI is InChI=1S/C25H33N3O5S/c29-25(26-11-5-4-8-21-6-2-1-3-7-21)23-20-22(34(30,31)28-14-18-33-19-15-28)9-10-24(23)27-12-16-32-17-13-27/h1-3,6-7,9-10,20H,4-5,8,11-19H2,(H,26,29). The number of anilines is 1. The van der Waals surface area contributed by atoms with Gasteiger partial charge in [0.15, 0.2) is 0 Å². The van der Waals surface area contributed by atoms with Crippen LogP contribution in [-0.4, -0.2) is 77.8 Å². The summed E-state index contributed by atoms with van der Waals surface area (Å²) in [6.45, 7) is 4.40. The number of carbonyl (C=O) groups excluding carboxylic acids is 1. The van der Waals surface area contributed by atoms with Gasteiger partial charge in [-0.1, -0.05) is 30.3 Å². The van der Waals surface area contributed by atoms with E-state index in [9.17, 15) is 13.2 Å². The number of hydrogen-bond acceptors (Lipinski definition) is 6. The Morgan fingerprint density at radius 1 is 0.882 bits per heavy atom. The second-order valence-electron chi connectivity index (χ2n) is 8.49. The van der Waals surface area contributed by atoms with E-state index in [4.69, 9.17) is 9.47 Å². The first-order chi connectivity index (χ1) is 16.6. The van der Waals surface area contributed by atoms with Gasteiger partial charge < -0.3 is 19.7 Å². The zero-order valence-electron chi connectivity index (χ0n) is 19.4. The Kier molecular flexibility index (Phi) is 8.55. The molecule has 2 aliphatic heterocycles. The number of unbranched alkanes of at least 4 members (excludes halogenated alkanes) is 1. The largest absolute Gasteiger partial charge is 0.379 e. The summed E-state index contributed by atoms with van der Waals surface area (Å²) in [5.74, 6) is -0.250. The van der Waals surface area contributed by atoms with Gasteiger partial charge in [-0.15, -0.1) is 0 Å². The summed E-state index contributed by atoms with van der Waals surface area (Å²) < 4.78 is 38.5. The van der Waals surface area contributed by atoms with Gasteiger partial charge >= 0.3 is 0 Å². The third-order valence-corrected chi connectivity index (χ3v) is 8.09. The molecule has 9 heteroatoms. The zero-order valence-corrected chi connectivity index (χ0v) is 20.3. The average molecular weight is 488 g/mol. The molecule has 0 radical (unpaired) electrons. The van der Waals surface area contributed by atoms with E-state index in [-0.39, 0.29) is 10.8 Å². The maximum absolute atomic E-state index is 13.2. The maximum Gasteiger partial charge on any atom is 0.253 e. The van der Waals surface area contributed by atoms with Gasteiger partial charge in [0.25, 0.3) is 5.91 Å². The lowest BCUT2D eigenvalue weighted by atomic mass is 10.1. The van der Waals surface area contributed by atoms with Crippen LogP contribution in [0.5, 0.6) is 0 Å². The molecule has 2 aromatic carbocycles. The summed E-state index contributed by atoms with van der Waals surface area (Å²) in [4.78, 5) is 15.4. The van der Waals surface area contributed by atoms with E-state index in [1.54, 1.807) is 12.1 Å². The number of morpholine rings is 2.